The van der Waals surface area contributed by atoms with Gasteiger partial charge < -0.3 is 30.0 Å². The molecule has 0 spiro atoms. The van der Waals surface area contributed by atoms with Crippen molar-refractivity contribution in [1.82, 2.24) is 9.80 Å². The van der Waals surface area contributed by atoms with E-state index in [-0.39, 0.29) is 0 Å². The molecule has 0 saturated carbocycles. The minimum Gasteiger partial charge on any atom is -0.545 e. The lowest BCUT2D eigenvalue weighted by molar-refractivity contribution is -0.380. The number of amides is 4. The number of imide groups is 2. The molecule has 0 bridgehead atoms. The molecule has 2 saturated heterocycles. The topological polar surface area (TPSA) is 304 Å². The molecule has 4 N–H and O–H groups in total. The Hall–Kier alpha value is -3.04. The first kappa shape index (κ1) is 25.2. The first-order chi connectivity index (χ1) is 14.2. The van der Waals surface area contributed by atoms with E-state index < -0.39 is 100 Å². The summed E-state index contributed by atoms with van der Waals surface area (Å²) in [6, 6.07) is 0. The molecule has 178 valence electrons. The van der Waals surface area contributed by atoms with Crippen molar-refractivity contribution < 1.29 is 75.1 Å². The fourth-order valence-electron chi connectivity index (χ4n) is 3.13. The van der Waals surface area contributed by atoms with E-state index in [0.717, 1.165) is 0 Å². The van der Waals surface area contributed by atoms with Crippen LogP contribution >= 0.6 is 0 Å². The summed E-state index contributed by atoms with van der Waals surface area (Å²) in [5.41, 5.74) is -10.0. The number of nitrogens with zero attached hydrogens (tertiary/aromatic N) is 2. The molecule has 2 fully saturated rings. The van der Waals surface area contributed by atoms with Gasteiger partial charge in [0.15, 0.2) is 10.5 Å². The molecule has 2 aliphatic rings. The number of hydrogen-bond acceptors (Lipinski definition) is 14. The smallest absolute Gasteiger partial charge is 0.277 e. The Balaban J connectivity index is 2.81. The molecule has 0 aliphatic carbocycles. The van der Waals surface area contributed by atoms with Gasteiger partial charge in [-0.15, -0.1) is 0 Å². The quantitative estimate of drug-likeness (QED) is 0.185. The molecule has 2 heterocycles. The zero-order valence-electron chi connectivity index (χ0n) is 15.0. The van der Waals surface area contributed by atoms with E-state index in [1.807, 2.05) is 0 Å². The molecular weight excluding hydrogens is 492 g/mol. The average Bonchev–Trinajstić information content (AvgIpc) is 3.08. The number of rotatable bonds is 7. The largest absolute Gasteiger partial charge is 0.545 e. The second-order valence-electron chi connectivity index (χ2n) is 6.47. The second-order valence-corrected chi connectivity index (χ2v) is 9.67. The van der Waals surface area contributed by atoms with E-state index in [0.29, 0.717) is 0 Å². The minimum atomic E-state index is -5.48. The second kappa shape index (κ2) is 7.25. The lowest BCUT2D eigenvalue weighted by atomic mass is 9.95. The number of hydrogen-bond donors (Lipinski definition) is 4. The molecule has 18 nitrogen and oxygen atoms in total. The molecule has 4 atom stereocenters. The van der Waals surface area contributed by atoms with E-state index in [9.17, 15) is 66.0 Å². The predicted octanol–water partition coefficient (Wildman–Crippen LogP) is -8.11. The van der Waals surface area contributed by atoms with Crippen molar-refractivity contribution in [2.75, 3.05) is 0 Å². The van der Waals surface area contributed by atoms with Crippen LogP contribution in [-0.2, 0) is 49.0 Å². The molecule has 2 rings (SSSR count). The molecule has 20 heteroatoms. The monoisotopic (exact) mass is 502 g/mol. The molecule has 2 aliphatic heterocycles. The van der Waals surface area contributed by atoms with Crippen LogP contribution < -0.4 is 10.2 Å². The first-order valence-corrected chi connectivity index (χ1v) is 10.8. The van der Waals surface area contributed by atoms with Crippen LogP contribution in [0.25, 0.3) is 0 Å². The Morgan fingerprint density at radius 2 is 1.00 bits per heavy atom. The lowest BCUT2D eigenvalue weighted by Gasteiger charge is -2.50. The summed E-state index contributed by atoms with van der Waals surface area (Å²) in [5.74, 6) is -15.3. The van der Waals surface area contributed by atoms with Gasteiger partial charge in [0, 0.05) is 0 Å². The number of aliphatic hydroxyl groups is 2. The van der Waals surface area contributed by atoms with Crippen LogP contribution in [0.3, 0.4) is 0 Å². The maximum Gasteiger partial charge on any atom is 0.277 e. The van der Waals surface area contributed by atoms with E-state index in [1.54, 1.807) is 0 Å². The lowest BCUT2D eigenvalue weighted by Crippen LogP contribution is -2.83. The van der Waals surface area contributed by atoms with Gasteiger partial charge in [-0.3, -0.25) is 28.3 Å². The third-order valence-electron chi connectivity index (χ3n) is 4.63. The van der Waals surface area contributed by atoms with E-state index in [1.165, 1.54) is 0 Å². The molecule has 0 aromatic carbocycles. The Morgan fingerprint density at radius 3 is 1.16 bits per heavy atom. The third kappa shape index (κ3) is 3.32. The van der Waals surface area contributed by atoms with Crippen LogP contribution in [0.5, 0.6) is 0 Å². The van der Waals surface area contributed by atoms with E-state index in [4.69, 9.17) is 9.11 Å². The van der Waals surface area contributed by atoms with Crippen LogP contribution in [-0.4, -0.2) is 103 Å². The molecule has 0 aromatic heterocycles. The maximum atomic E-state index is 12.3. The molecule has 32 heavy (non-hydrogen) atoms. The first-order valence-electron chi connectivity index (χ1n) is 7.78. The zero-order chi connectivity index (χ0) is 25.2. The summed E-state index contributed by atoms with van der Waals surface area (Å²) in [4.78, 5) is 69.8. The fraction of sp³-hybridized carbons (Fsp3) is 0.500. The number of aliphatic carboxylic acids is 2. The van der Waals surface area contributed by atoms with Gasteiger partial charge in [-0.2, -0.15) is 16.8 Å². The highest BCUT2D eigenvalue weighted by Crippen LogP contribution is 2.38. The third-order valence-corrected chi connectivity index (χ3v) is 6.81. The average molecular weight is 502 g/mol. The molecule has 4 amide bonds. The predicted molar refractivity (Wildman–Crippen MR) is 83.5 cm³/mol. The summed E-state index contributed by atoms with van der Waals surface area (Å²) in [6.07, 6.45) is -3.18. The molecular formula is C12H10N2O16S2-2. The Morgan fingerprint density at radius 1 is 0.750 bits per heavy atom. The van der Waals surface area contributed by atoms with Gasteiger partial charge in [-0.1, -0.05) is 0 Å². The fourth-order valence-corrected chi connectivity index (χ4v) is 4.56. The van der Waals surface area contributed by atoms with Gasteiger partial charge in [-0.25, -0.2) is 9.80 Å². The Labute approximate surface area is 176 Å². The van der Waals surface area contributed by atoms with Gasteiger partial charge in [0.05, 0.1) is 24.8 Å². The van der Waals surface area contributed by atoms with Crippen molar-refractivity contribution in [3.63, 3.8) is 0 Å². The van der Waals surface area contributed by atoms with Crippen molar-refractivity contribution >= 4 is 55.8 Å². The van der Waals surface area contributed by atoms with Crippen LogP contribution in [0.2, 0.25) is 0 Å². The van der Waals surface area contributed by atoms with Crippen LogP contribution in [0.15, 0.2) is 0 Å². The summed E-state index contributed by atoms with van der Waals surface area (Å²) in [7, 11) is -11.0. The van der Waals surface area contributed by atoms with Crippen molar-refractivity contribution in [2.45, 2.75) is 34.8 Å². The summed E-state index contributed by atoms with van der Waals surface area (Å²) in [6.45, 7) is 0. The van der Waals surface area contributed by atoms with Gasteiger partial charge in [-0.05, 0) is 0 Å². The van der Waals surface area contributed by atoms with E-state index >= 15 is 0 Å². The normalized spacial score (nSPS) is 26.2. The number of carboxylic acid groups (broad SMARTS) is 2. The van der Waals surface area contributed by atoms with Crippen LogP contribution in [0.1, 0.15) is 12.8 Å². The van der Waals surface area contributed by atoms with Crippen molar-refractivity contribution in [2.24, 2.45) is 0 Å². The van der Waals surface area contributed by atoms with Gasteiger partial charge in [0.25, 0.3) is 32.1 Å². The number of carbonyl (C=O) groups excluding carboxylic acids is 6. The van der Waals surface area contributed by atoms with Gasteiger partial charge in [0.1, 0.15) is 0 Å². The minimum absolute atomic E-state index is 1.11. The highest BCUT2D eigenvalue weighted by atomic mass is 32.2. The standard InChI is InChI=1S/C12H12N2O16S2/c15-5-1-3(31(25,26)27)7(17)13(5)11(23,9(19)20)12(24,10(21)22)14-6(16)2-4(8(14)18)32(28,29)30/h3-4,23-24H,1-2H2,(H,19,20)(H,21,22)(H,25,26,27)(H,28,29,30)/p-2. The number of carbonyl (C=O) groups is 6. The van der Waals surface area contributed by atoms with Crippen LogP contribution in [0.4, 0.5) is 0 Å². The van der Waals surface area contributed by atoms with Crippen molar-refractivity contribution in [3.8, 4) is 0 Å². The molecule has 0 aromatic rings. The summed E-state index contributed by atoms with van der Waals surface area (Å²) in [5, 5.41) is 38.7. The molecule has 0 radical (unpaired) electrons. The van der Waals surface area contributed by atoms with Crippen molar-refractivity contribution in [3.05, 3.63) is 0 Å². The summed E-state index contributed by atoms with van der Waals surface area (Å²) < 4.78 is 62.9. The highest BCUT2D eigenvalue weighted by Gasteiger charge is 2.70. The highest BCUT2D eigenvalue weighted by molar-refractivity contribution is 7.87. The van der Waals surface area contributed by atoms with Crippen molar-refractivity contribution in [1.29, 1.82) is 0 Å². The van der Waals surface area contributed by atoms with Gasteiger partial charge >= 0.3 is 0 Å². The van der Waals surface area contributed by atoms with E-state index in [2.05, 4.69) is 0 Å². The van der Waals surface area contributed by atoms with Crippen LogP contribution in [0, 0.1) is 0 Å². The zero-order valence-corrected chi connectivity index (χ0v) is 16.6. The Kier molecular flexibility index (Phi) is 5.71. The Bertz CT molecular complexity index is 1080. The number of carboxylic acids is 2. The summed E-state index contributed by atoms with van der Waals surface area (Å²) >= 11 is 0. The maximum absolute atomic E-state index is 12.3. The van der Waals surface area contributed by atoms with Gasteiger partial charge in [0.2, 0.25) is 23.3 Å². The SMILES string of the molecule is O=C1CC(S(=O)(=O)O)C(=O)N1C(O)(C(=O)[O-])C(O)(C(=O)[O-])N1C(=O)CC(S(=O)(=O)O)C1=O. The number of likely N-dealkylation sites (tertiary alicyclic amines) is 2. The molecule has 4 unspecified atom stereocenters.